The number of aromatic nitrogens is 1. The number of nitrogens with zero attached hydrogens (tertiary/aromatic N) is 2. The number of aryl methyl sites for hydroxylation is 1. The molecule has 1 N–H and O–H groups in total. The monoisotopic (exact) mass is 515 g/mol. The van der Waals surface area contributed by atoms with Crippen LogP contribution in [0, 0.1) is 6.92 Å². The fourth-order valence-corrected chi connectivity index (χ4v) is 4.65. The van der Waals surface area contributed by atoms with Gasteiger partial charge >= 0.3 is 6.03 Å². The summed E-state index contributed by atoms with van der Waals surface area (Å²) in [5, 5.41) is 2.45. The highest BCUT2D eigenvalue weighted by Gasteiger charge is 2.38. The summed E-state index contributed by atoms with van der Waals surface area (Å²) in [7, 11) is 0. The van der Waals surface area contributed by atoms with Gasteiger partial charge in [-0.05, 0) is 48.9 Å². The Hall–Kier alpha value is -4.13. The second kappa shape index (κ2) is 9.49. The maximum atomic E-state index is 13.5. The van der Waals surface area contributed by atoms with E-state index in [4.69, 9.17) is 23.2 Å². The fourth-order valence-electron chi connectivity index (χ4n) is 4.27. The highest BCUT2D eigenvalue weighted by atomic mass is 35.5. The number of halogens is 2. The lowest BCUT2D eigenvalue weighted by atomic mass is 10.0. The number of hydrogen-bond acceptors (Lipinski definition) is 3. The summed E-state index contributed by atoms with van der Waals surface area (Å²) in [5.41, 5.74) is 4.07. The molecule has 1 fully saturated rings. The number of para-hydroxylation sites is 1. The number of nitrogens with one attached hydrogen (secondary N) is 1. The van der Waals surface area contributed by atoms with E-state index in [1.807, 2.05) is 73.7 Å². The van der Waals surface area contributed by atoms with Crippen LogP contribution in [-0.2, 0) is 9.59 Å². The predicted octanol–water partition coefficient (Wildman–Crippen LogP) is 6.43. The molecule has 4 amide bonds. The van der Waals surface area contributed by atoms with E-state index in [1.165, 1.54) is 12.1 Å². The third kappa shape index (κ3) is 4.11. The Balaban J connectivity index is 1.69. The van der Waals surface area contributed by atoms with Gasteiger partial charge in [-0.2, -0.15) is 0 Å². The molecule has 1 aliphatic heterocycles. The number of amides is 4. The SMILES string of the molecule is Cc1cc(/C=C2\C(=O)NC(=O)N(c3cccc(Cl)c3Cl)C2=O)c(-c2ccccc2)n1-c1ccccc1. The Morgan fingerprint density at radius 1 is 0.833 bits per heavy atom. The van der Waals surface area contributed by atoms with Crippen molar-refractivity contribution < 1.29 is 14.4 Å². The Morgan fingerprint density at radius 2 is 1.50 bits per heavy atom. The van der Waals surface area contributed by atoms with E-state index in [0.717, 1.165) is 27.5 Å². The summed E-state index contributed by atoms with van der Waals surface area (Å²) in [6.45, 7) is 1.95. The third-order valence-corrected chi connectivity index (χ3v) is 6.66. The molecule has 0 bridgehead atoms. The van der Waals surface area contributed by atoms with Gasteiger partial charge in [-0.25, -0.2) is 9.69 Å². The molecule has 6 nitrogen and oxygen atoms in total. The standard InChI is InChI=1S/C28H19Cl2N3O3/c1-17-15-19(25(18-9-4-2-5-10-18)32(17)20-11-6-3-7-12-20)16-21-26(34)31-28(36)33(27(21)35)23-14-8-13-22(29)24(23)30/h2-16H,1H3,(H,31,34,36)/b21-16+. The second-order valence-corrected chi connectivity index (χ2v) is 8.94. The summed E-state index contributed by atoms with van der Waals surface area (Å²) in [5.74, 6) is -1.58. The van der Waals surface area contributed by atoms with Crippen molar-refractivity contribution >= 4 is 52.8 Å². The molecule has 0 unspecified atom stereocenters. The number of barbiturate groups is 1. The molecule has 178 valence electrons. The molecule has 5 rings (SSSR count). The first-order valence-corrected chi connectivity index (χ1v) is 11.8. The lowest BCUT2D eigenvalue weighted by Gasteiger charge is -2.27. The second-order valence-electron chi connectivity index (χ2n) is 8.16. The largest absolute Gasteiger partial charge is 0.336 e. The van der Waals surface area contributed by atoms with Crippen LogP contribution in [-0.4, -0.2) is 22.4 Å². The number of benzene rings is 3. The lowest BCUT2D eigenvalue weighted by molar-refractivity contribution is -0.122. The quantitative estimate of drug-likeness (QED) is 0.251. The summed E-state index contributed by atoms with van der Waals surface area (Å²) >= 11 is 12.4. The molecule has 1 saturated heterocycles. The van der Waals surface area contributed by atoms with Crippen LogP contribution in [0.4, 0.5) is 10.5 Å². The Labute approximate surface area is 217 Å². The van der Waals surface area contributed by atoms with Crippen molar-refractivity contribution in [1.29, 1.82) is 0 Å². The number of carbonyl (C=O) groups excluding carboxylic acids is 3. The van der Waals surface area contributed by atoms with Gasteiger partial charge in [0.2, 0.25) is 0 Å². The van der Waals surface area contributed by atoms with Crippen molar-refractivity contribution in [3.05, 3.63) is 112 Å². The smallest absolute Gasteiger partial charge is 0.313 e. The molecule has 1 aromatic heterocycles. The van der Waals surface area contributed by atoms with Crippen LogP contribution in [0.3, 0.4) is 0 Å². The van der Waals surface area contributed by atoms with E-state index in [0.29, 0.717) is 5.56 Å². The van der Waals surface area contributed by atoms with Gasteiger partial charge in [-0.3, -0.25) is 14.9 Å². The van der Waals surface area contributed by atoms with Gasteiger partial charge in [0.15, 0.2) is 0 Å². The van der Waals surface area contributed by atoms with Gasteiger partial charge in [0, 0.05) is 16.9 Å². The van der Waals surface area contributed by atoms with Crippen molar-refractivity contribution in [3.8, 4) is 16.9 Å². The molecular formula is C28H19Cl2N3O3. The summed E-state index contributed by atoms with van der Waals surface area (Å²) in [4.78, 5) is 39.8. The zero-order chi connectivity index (χ0) is 25.4. The lowest BCUT2D eigenvalue weighted by Crippen LogP contribution is -2.54. The van der Waals surface area contributed by atoms with Crippen molar-refractivity contribution in [1.82, 2.24) is 9.88 Å². The van der Waals surface area contributed by atoms with E-state index in [-0.39, 0.29) is 21.3 Å². The van der Waals surface area contributed by atoms with Crippen LogP contribution in [0.15, 0.2) is 90.5 Å². The number of anilines is 1. The molecule has 0 saturated carbocycles. The summed E-state index contributed by atoms with van der Waals surface area (Å²) in [6, 6.07) is 25.1. The number of hydrogen-bond donors (Lipinski definition) is 1. The molecule has 36 heavy (non-hydrogen) atoms. The summed E-state index contributed by atoms with van der Waals surface area (Å²) in [6.07, 6.45) is 1.50. The number of imide groups is 2. The molecule has 1 aliphatic rings. The van der Waals surface area contributed by atoms with Crippen LogP contribution < -0.4 is 10.2 Å². The van der Waals surface area contributed by atoms with Gasteiger partial charge in [-0.15, -0.1) is 0 Å². The van der Waals surface area contributed by atoms with E-state index in [1.54, 1.807) is 12.1 Å². The van der Waals surface area contributed by atoms with Crippen LogP contribution in [0.5, 0.6) is 0 Å². The van der Waals surface area contributed by atoms with Crippen LogP contribution >= 0.6 is 23.2 Å². The minimum Gasteiger partial charge on any atom is -0.313 e. The molecule has 4 aromatic rings. The zero-order valence-corrected chi connectivity index (χ0v) is 20.5. The highest BCUT2D eigenvalue weighted by Crippen LogP contribution is 2.36. The Bertz CT molecular complexity index is 1540. The molecule has 0 radical (unpaired) electrons. The van der Waals surface area contributed by atoms with E-state index in [9.17, 15) is 14.4 Å². The first-order chi connectivity index (χ1) is 17.4. The molecule has 2 heterocycles. The average molecular weight is 516 g/mol. The van der Waals surface area contributed by atoms with Crippen molar-refractivity contribution in [2.24, 2.45) is 0 Å². The van der Waals surface area contributed by atoms with E-state index < -0.39 is 17.8 Å². The van der Waals surface area contributed by atoms with Gasteiger partial charge in [0.25, 0.3) is 11.8 Å². The highest BCUT2D eigenvalue weighted by molar-refractivity contribution is 6.46. The van der Waals surface area contributed by atoms with E-state index in [2.05, 4.69) is 9.88 Å². The van der Waals surface area contributed by atoms with Crippen molar-refractivity contribution in [2.45, 2.75) is 6.92 Å². The zero-order valence-electron chi connectivity index (χ0n) is 19.0. The molecular weight excluding hydrogens is 497 g/mol. The van der Waals surface area contributed by atoms with Gasteiger partial charge in [-0.1, -0.05) is 77.8 Å². The van der Waals surface area contributed by atoms with Crippen LogP contribution in [0.1, 0.15) is 11.3 Å². The normalized spacial score (nSPS) is 14.9. The molecule has 0 aliphatic carbocycles. The minimum atomic E-state index is -0.896. The number of rotatable bonds is 4. The van der Waals surface area contributed by atoms with Crippen molar-refractivity contribution in [2.75, 3.05) is 4.90 Å². The molecule has 3 aromatic carbocycles. The average Bonchev–Trinajstić information content (AvgIpc) is 3.21. The Morgan fingerprint density at radius 3 is 2.19 bits per heavy atom. The van der Waals surface area contributed by atoms with Gasteiger partial charge in [0.05, 0.1) is 21.4 Å². The first kappa shape index (κ1) is 23.6. The maximum Gasteiger partial charge on any atom is 0.336 e. The number of urea groups is 1. The first-order valence-electron chi connectivity index (χ1n) is 11.1. The maximum absolute atomic E-state index is 13.5. The predicted molar refractivity (Wildman–Crippen MR) is 141 cm³/mol. The van der Waals surface area contributed by atoms with Gasteiger partial charge in [0.1, 0.15) is 5.57 Å². The Kier molecular flexibility index (Phi) is 6.22. The fraction of sp³-hybridized carbons (Fsp3) is 0.0357. The topological polar surface area (TPSA) is 71.4 Å². The summed E-state index contributed by atoms with van der Waals surface area (Å²) < 4.78 is 2.06. The van der Waals surface area contributed by atoms with Gasteiger partial charge < -0.3 is 4.57 Å². The molecule has 0 spiro atoms. The van der Waals surface area contributed by atoms with Crippen molar-refractivity contribution in [3.63, 3.8) is 0 Å². The van der Waals surface area contributed by atoms with E-state index >= 15 is 0 Å². The van der Waals surface area contributed by atoms with Crippen LogP contribution in [0.25, 0.3) is 23.0 Å². The molecule has 0 atom stereocenters. The van der Waals surface area contributed by atoms with Crippen LogP contribution in [0.2, 0.25) is 10.0 Å². The third-order valence-electron chi connectivity index (χ3n) is 5.85. The number of carbonyl (C=O) groups is 3. The molecule has 8 heteroatoms. The minimum absolute atomic E-state index is 0.0346.